The maximum absolute atomic E-state index is 12.7. The number of carbonyl (C=O) groups is 1. The van der Waals surface area contributed by atoms with Crippen molar-refractivity contribution in [3.05, 3.63) is 59.1 Å². The number of nitrogens with one attached hydrogen (secondary N) is 1. The van der Waals surface area contributed by atoms with Gasteiger partial charge in [-0.2, -0.15) is 4.31 Å². The van der Waals surface area contributed by atoms with E-state index in [1.807, 2.05) is 31.2 Å². The number of amides is 2. The molecule has 2 aromatic rings. The first kappa shape index (κ1) is 21.4. The second-order valence-electron chi connectivity index (χ2n) is 6.75. The van der Waals surface area contributed by atoms with Gasteiger partial charge in [0.05, 0.1) is 11.4 Å². The molecule has 0 aliphatic carbocycles. The van der Waals surface area contributed by atoms with Crippen molar-refractivity contribution in [3.63, 3.8) is 0 Å². The van der Waals surface area contributed by atoms with Crippen LogP contribution in [0.1, 0.15) is 5.56 Å². The number of benzene rings is 2. The fourth-order valence-electron chi connectivity index (χ4n) is 3.05. The van der Waals surface area contributed by atoms with Crippen LogP contribution in [0.15, 0.2) is 53.4 Å². The Bertz CT molecular complexity index is 960. The first-order chi connectivity index (χ1) is 13.9. The van der Waals surface area contributed by atoms with Crippen molar-refractivity contribution in [2.45, 2.75) is 11.8 Å². The standard InChI is InChI=1S/C20H24ClN3O4S/c1-16-4-2-6-18(14-16)28-13-8-22-20(25)23-9-11-24(12-10-23)29(26,27)19-7-3-5-17(21)15-19/h2-7,14-15H,8-13H2,1H3,(H,22,25). The zero-order valence-electron chi connectivity index (χ0n) is 16.2. The number of nitrogens with zero attached hydrogens (tertiary/aromatic N) is 2. The maximum Gasteiger partial charge on any atom is 0.317 e. The van der Waals surface area contributed by atoms with Gasteiger partial charge in [0, 0.05) is 31.2 Å². The molecular weight excluding hydrogens is 414 g/mol. The van der Waals surface area contributed by atoms with Crippen LogP contribution in [-0.2, 0) is 10.0 Å². The van der Waals surface area contributed by atoms with Crippen molar-refractivity contribution in [3.8, 4) is 5.75 Å². The molecule has 3 rings (SSSR count). The highest BCUT2D eigenvalue weighted by molar-refractivity contribution is 7.89. The second-order valence-corrected chi connectivity index (χ2v) is 9.12. The third kappa shape index (κ3) is 5.62. The molecule has 156 valence electrons. The molecule has 1 aliphatic rings. The summed E-state index contributed by atoms with van der Waals surface area (Å²) in [6.45, 7) is 3.84. The lowest BCUT2D eigenvalue weighted by molar-refractivity contribution is 0.170. The van der Waals surface area contributed by atoms with Crippen LogP contribution >= 0.6 is 11.6 Å². The number of ether oxygens (including phenoxy) is 1. The van der Waals surface area contributed by atoms with Crippen LogP contribution in [-0.4, -0.2) is 63.0 Å². The Morgan fingerprint density at radius 2 is 1.83 bits per heavy atom. The van der Waals surface area contributed by atoms with Crippen LogP contribution in [0.5, 0.6) is 5.75 Å². The Morgan fingerprint density at radius 1 is 1.10 bits per heavy atom. The fraction of sp³-hybridized carbons (Fsp3) is 0.350. The van der Waals surface area contributed by atoms with Gasteiger partial charge in [-0.3, -0.25) is 0 Å². The van der Waals surface area contributed by atoms with Crippen molar-refractivity contribution in [1.29, 1.82) is 0 Å². The van der Waals surface area contributed by atoms with E-state index in [1.165, 1.54) is 16.4 Å². The Labute approximate surface area is 176 Å². The average Bonchev–Trinajstić information content (AvgIpc) is 2.71. The summed E-state index contributed by atoms with van der Waals surface area (Å²) in [7, 11) is -3.62. The molecule has 1 aliphatic heterocycles. The van der Waals surface area contributed by atoms with Gasteiger partial charge in [0.15, 0.2) is 0 Å². The van der Waals surface area contributed by atoms with Crippen molar-refractivity contribution >= 4 is 27.7 Å². The van der Waals surface area contributed by atoms with Gasteiger partial charge >= 0.3 is 6.03 Å². The zero-order chi connectivity index (χ0) is 20.9. The van der Waals surface area contributed by atoms with E-state index in [2.05, 4.69) is 5.32 Å². The highest BCUT2D eigenvalue weighted by Crippen LogP contribution is 2.21. The molecule has 2 aromatic carbocycles. The van der Waals surface area contributed by atoms with Gasteiger partial charge in [-0.1, -0.05) is 29.8 Å². The lowest BCUT2D eigenvalue weighted by Crippen LogP contribution is -2.53. The summed E-state index contributed by atoms with van der Waals surface area (Å²) in [5.41, 5.74) is 1.11. The van der Waals surface area contributed by atoms with E-state index in [1.54, 1.807) is 17.0 Å². The minimum atomic E-state index is -3.62. The molecule has 0 bridgehead atoms. The molecule has 0 aromatic heterocycles. The highest BCUT2D eigenvalue weighted by atomic mass is 35.5. The lowest BCUT2D eigenvalue weighted by atomic mass is 10.2. The molecule has 1 fully saturated rings. The molecule has 0 atom stereocenters. The number of urea groups is 1. The molecule has 0 radical (unpaired) electrons. The number of rotatable bonds is 6. The van der Waals surface area contributed by atoms with Crippen LogP contribution < -0.4 is 10.1 Å². The Balaban J connectivity index is 1.44. The number of halogens is 1. The van der Waals surface area contributed by atoms with Gasteiger partial charge in [-0.05, 0) is 42.8 Å². The predicted molar refractivity (Wildman–Crippen MR) is 112 cm³/mol. The van der Waals surface area contributed by atoms with Crippen molar-refractivity contribution in [2.75, 3.05) is 39.3 Å². The van der Waals surface area contributed by atoms with Gasteiger partial charge in [0.25, 0.3) is 0 Å². The summed E-state index contributed by atoms with van der Waals surface area (Å²) >= 11 is 5.91. The molecule has 7 nitrogen and oxygen atoms in total. The van der Waals surface area contributed by atoms with Crippen LogP contribution in [0, 0.1) is 6.92 Å². The van der Waals surface area contributed by atoms with Crippen molar-refractivity contribution in [1.82, 2.24) is 14.5 Å². The van der Waals surface area contributed by atoms with Gasteiger partial charge < -0.3 is 15.0 Å². The first-order valence-electron chi connectivity index (χ1n) is 9.34. The van der Waals surface area contributed by atoms with Gasteiger partial charge in [0.1, 0.15) is 12.4 Å². The maximum atomic E-state index is 12.7. The van der Waals surface area contributed by atoms with Gasteiger partial charge in [0.2, 0.25) is 10.0 Å². The van der Waals surface area contributed by atoms with Crippen LogP contribution in [0.3, 0.4) is 0 Å². The predicted octanol–water partition coefficient (Wildman–Crippen LogP) is 2.74. The topological polar surface area (TPSA) is 79.0 Å². The Morgan fingerprint density at radius 3 is 2.52 bits per heavy atom. The molecule has 1 saturated heterocycles. The quantitative estimate of drug-likeness (QED) is 0.705. The minimum Gasteiger partial charge on any atom is -0.492 e. The number of sulfonamides is 1. The Kier molecular flexibility index (Phi) is 7.00. The van der Waals surface area contributed by atoms with Crippen LogP contribution in [0.25, 0.3) is 0 Å². The molecule has 0 unspecified atom stereocenters. The Hall–Kier alpha value is -2.29. The number of hydrogen-bond acceptors (Lipinski definition) is 4. The van der Waals surface area contributed by atoms with E-state index in [-0.39, 0.29) is 24.0 Å². The molecule has 0 spiro atoms. The molecule has 1 N–H and O–H groups in total. The average molecular weight is 438 g/mol. The molecule has 29 heavy (non-hydrogen) atoms. The summed E-state index contributed by atoms with van der Waals surface area (Å²) in [6.07, 6.45) is 0. The number of carbonyl (C=O) groups excluding carboxylic acids is 1. The largest absolute Gasteiger partial charge is 0.492 e. The molecule has 0 saturated carbocycles. The SMILES string of the molecule is Cc1cccc(OCCNC(=O)N2CCN(S(=O)(=O)c3cccc(Cl)c3)CC2)c1. The van der Waals surface area contributed by atoms with Crippen molar-refractivity contribution < 1.29 is 17.9 Å². The third-order valence-corrected chi connectivity index (χ3v) is 6.73. The summed E-state index contributed by atoms with van der Waals surface area (Å²) in [6, 6.07) is 13.7. The van der Waals surface area contributed by atoms with E-state index in [0.29, 0.717) is 31.3 Å². The number of piperazine rings is 1. The zero-order valence-corrected chi connectivity index (χ0v) is 17.7. The van der Waals surface area contributed by atoms with E-state index in [9.17, 15) is 13.2 Å². The minimum absolute atomic E-state index is 0.163. The summed E-state index contributed by atoms with van der Waals surface area (Å²) in [4.78, 5) is 14.1. The van der Waals surface area contributed by atoms with E-state index in [0.717, 1.165) is 11.3 Å². The second kappa shape index (κ2) is 9.47. The highest BCUT2D eigenvalue weighted by Gasteiger charge is 2.30. The van der Waals surface area contributed by atoms with Gasteiger partial charge in [-0.15, -0.1) is 0 Å². The lowest BCUT2D eigenvalue weighted by Gasteiger charge is -2.34. The van der Waals surface area contributed by atoms with Crippen LogP contribution in [0.4, 0.5) is 4.79 Å². The molecule has 2 amide bonds. The first-order valence-corrected chi connectivity index (χ1v) is 11.2. The third-order valence-electron chi connectivity index (χ3n) is 4.60. The molecule has 9 heteroatoms. The van der Waals surface area contributed by atoms with E-state index in [4.69, 9.17) is 16.3 Å². The fourth-order valence-corrected chi connectivity index (χ4v) is 4.78. The summed E-state index contributed by atoms with van der Waals surface area (Å²) in [5.74, 6) is 0.763. The normalized spacial score (nSPS) is 15.2. The molecular formula is C20H24ClN3O4S. The number of hydrogen-bond donors (Lipinski definition) is 1. The van der Waals surface area contributed by atoms with Gasteiger partial charge in [-0.25, -0.2) is 13.2 Å². The van der Waals surface area contributed by atoms with Crippen LogP contribution in [0.2, 0.25) is 5.02 Å². The monoisotopic (exact) mass is 437 g/mol. The molecule has 1 heterocycles. The smallest absolute Gasteiger partial charge is 0.317 e. The van der Waals surface area contributed by atoms with E-state index < -0.39 is 10.0 Å². The summed E-state index contributed by atoms with van der Waals surface area (Å²) < 4.78 is 32.4. The van der Waals surface area contributed by atoms with E-state index >= 15 is 0 Å². The van der Waals surface area contributed by atoms with Crippen molar-refractivity contribution in [2.24, 2.45) is 0 Å². The number of aryl methyl sites for hydroxylation is 1. The summed E-state index contributed by atoms with van der Waals surface area (Å²) in [5, 5.41) is 3.18.